The van der Waals surface area contributed by atoms with Crippen molar-refractivity contribution in [3.63, 3.8) is 0 Å². The summed E-state index contributed by atoms with van der Waals surface area (Å²) in [5.74, 6) is -4.45. The zero-order chi connectivity index (χ0) is 23.1. The number of rotatable bonds is 8. The van der Waals surface area contributed by atoms with Crippen LogP contribution in [0.3, 0.4) is 0 Å². The molecule has 5 N–H and O–H groups in total. The van der Waals surface area contributed by atoms with Crippen LogP contribution in [0.1, 0.15) is 19.4 Å². The molecule has 0 saturated carbocycles. The molecule has 2 rings (SSSR count). The quantitative estimate of drug-likeness (QED) is 0.399. The van der Waals surface area contributed by atoms with E-state index >= 15 is 0 Å². The number of likely N-dealkylation sites (N-methyl/N-ethyl adjacent to an activating group) is 1. The molecule has 0 aliphatic carbocycles. The van der Waals surface area contributed by atoms with Gasteiger partial charge in [0.05, 0.1) is 5.00 Å². The van der Waals surface area contributed by atoms with Gasteiger partial charge >= 0.3 is 17.9 Å². The minimum absolute atomic E-state index is 0.465. The molecule has 3 unspecified atom stereocenters. The Bertz CT molecular complexity index is 857. The van der Waals surface area contributed by atoms with Crippen LogP contribution in [0.2, 0.25) is 5.02 Å². The van der Waals surface area contributed by atoms with Crippen molar-refractivity contribution in [2.45, 2.75) is 31.6 Å². The van der Waals surface area contributed by atoms with E-state index in [2.05, 4.69) is 0 Å². The molecule has 0 amide bonds. The number of hydrogen-bond donors (Lipinski definition) is 5. The minimum Gasteiger partial charge on any atom is -0.479 e. The van der Waals surface area contributed by atoms with Crippen LogP contribution in [-0.4, -0.2) is 62.2 Å². The number of carboxylic acids is 3. The molecule has 3 atom stereocenters. The maximum atomic E-state index is 12.0. The van der Waals surface area contributed by atoms with Crippen molar-refractivity contribution in [3.8, 4) is 0 Å². The third kappa shape index (κ3) is 5.70. The van der Waals surface area contributed by atoms with E-state index in [4.69, 9.17) is 32.0 Å². The standard InChI is InChI=1S/C15H16ClNO2S.C4H6O6/c1-3-17(13-9-6-10-20-13)15(2,14(18)19)11-7-4-5-8-12(11)16;5-1(3(7)8)2(6)4(9)10/h4-10H,3H2,1-2H3,(H,18,19);1-2,5-6H,(H,7,8)(H,9,10). The first-order valence-corrected chi connectivity index (χ1v) is 9.85. The molecule has 0 aliphatic rings. The number of carboxylic acid groups (broad SMARTS) is 3. The first-order chi connectivity index (χ1) is 14.0. The largest absolute Gasteiger partial charge is 0.479 e. The fourth-order valence-corrected chi connectivity index (χ4v) is 3.83. The molecule has 0 spiro atoms. The summed E-state index contributed by atoms with van der Waals surface area (Å²) in [4.78, 5) is 33.4. The van der Waals surface area contributed by atoms with Crippen molar-refractivity contribution >= 4 is 45.8 Å². The average molecular weight is 460 g/mol. The first kappa shape index (κ1) is 25.4. The van der Waals surface area contributed by atoms with E-state index in [-0.39, 0.29) is 0 Å². The lowest BCUT2D eigenvalue weighted by Crippen LogP contribution is -2.50. The van der Waals surface area contributed by atoms with Gasteiger partial charge in [-0.25, -0.2) is 14.4 Å². The first-order valence-electron chi connectivity index (χ1n) is 8.59. The lowest BCUT2D eigenvalue weighted by molar-refractivity contribution is -0.165. The lowest BCUT2D eigenvalue weighted by atomic mass is 9.90. The van der Waals surface area contributed by atoms with Crippen molar-refractivity contribution < 1.29 is 39.9 Å². The van der Waals surface area contributed by atoms with E-state index in [9.17, 15) is 19.5 Å². The number of aliphatic carboxylic acids is 3. The molecule has 30 heavy (non-hydrogen) atoms. The number of thiophene rings is 1. The van der Waals surface area contributed by atoms with E-state index in [0.717, 1.165) is 5.00 Å². The monoisotopic (exact) mass is 459 g/mol. The Balaban J connectivity index is 0.000000382. The fraction of sp³-hybridized carbons (Fsp3) is 0.316. The smallest absolute Gasteiger partial charge is 0.335 e. The highest BCUT2D eigenvalue weighted by Gasteiger charge is 2.42. The summed E-state index contributed by atoms with van der Waals surface area (Å²) < 4.78 is 0. The number of benzene rings is 1. The van der Waals surface area contributed by atoms with Crippen LogP contribution in [0.25, 0.3) is 0 Å². The Kier molecular flexibility index (Phi) is 9.24. The van der Waals surface area contributed by atoms with Crippen molar-refractivity contribution in [2.24, 2.45) is 0 Å². The second-order valence-corrected chi connectivity index (χ2v) is 7.45. The van der Waals surface area contributed by atoms with Crippen LogP contribution in [0.15, 0.2) is 41.8 Å². The third-order valence-electron chi connectivity index (χ3n) is 4.25. The Morgan fingerprint density at radius 2 is 1.57 bits per heavy atom. The summed E-state index contributed by atoms with van der Waals surface area (Å²) in [7, 11) is 0. The van der Waals surface area contributed by atoms with Crippen LogP contribution >= 0.6 is 22.9 Å². The second kappa shape index (κ2) is 10.9. The van der Waals surface area contributed by atoms with Gasteiger partial charge in [-0.2, -0.15) is 0 Å². The van der Waals surface area contributed by atoms with Gasteiger partial charge in [-0.1, -0.05) is 29.8 Å². The normalized spacial score (nSPS) is 14.4. The van der Waals surface area contributed by atoms with Gasteiger partial charge in [0.15, 0.2) is 17.7 Å². The molecule has 1 aromatic heterocycles. The molecular formula is C19H22ClNO8S. The summed E-state index contributed by atoms with van der Waals surface area (Å²) in [5, 5.41) is 45.7. The topological polar surface area (TPSA) is 156 Å². The molecule has 0 aliphatic heterocycles. The zero-order valence-corrected chi connectivity index (χ0v) is 17.7. The van der Waals surface area contributed by atoms with Crippen molar-refractivity contribution in [2.75, 3.05) is 11.4 Å². The van der Waals surface area contributed by atoms with Gasteiger partial charge in [0, 0.05) is 17.1 Å². The number of carbonyl (C=O) groups is 3. The molecule has 0 saturated heterocycles. The lowest BCUT2D eigenvalue weighted by Gasteiger charge is -2.39. The Labute approximate surface area is 181 Å². The molecule has 164 valence electrons. The van der Waals surface area contributed by atoms with Crippen molar-refractivity contribution in [1.29, 1.82) is 0 Å². The van der Waals surface area contributed by atoms with Gasteiger partial charge in [-0.05, 0) is 37.4 Å². The maximum absolute atomic E-state index is 12.0. The highest BCUT2D eigenvalue weighted by molar-refractivity contribution is 7.14. The Morgan fingerprint density at radius 3 is 1.93 bits per heavy atom. The second-order valence-electron chi connectivity index (χ2n) is 6.12. The SMILES string of the molecule is CCN(c1cccs1)C(C)(C(=O)O)c1ccccc1Cl.O=C(O)C(O)C(O)C(=O)O. The predicted octanol–water partition coefficient (Wildman–Crippen LogP) is 2.11. The van der Waals surface area contributed by atoms with Gasteiger partial charge in [0.1, 0.15) is 0 Å². The molecule has 9 nitrogen and oxygen atoms in total. The summed E-state index contributed by atoms with van der Waals surface area (Å²) in [5.41, 5.74) is -0.595. The van der Waals surface area contributed by atoms with Crippen LogP contribution in [0, 0.1) is 0 Å². The maximum Gasteiger partial charge on any atom is 0.335 e. The summed E-state index contributed by atoms with van der Waals surface area (Å²) in [6.45, 7) is 4.21. The number of nitrogens with zero attached hydrogens (tertiary/aromatic N) is 1. The van der Waals surface area contributed by atoms with E-state index < -0.39 is 35.7 Å². The van der Waals surface area contributed by atoms with Crippen LogP contribution in [0.4, 0.5) is 5.00 Å². The molecule has 11 heteroatoms. The Morgan fingerprint density at radius 1 is 1.03 bits per heavy atom. The van der Waals surface area contributed by atoms with Crippen molar-refractivity contribution in [3.05, 3.63) is 52.4 Å². The molecule has 0 bridgehead atoms. The Hall–Kier alpha value is -2.66. The number of halogens is 1. The molecule has 0 radical (unpaired) electrons. The highest BCUT2D eigenvalue weighted by Crippen LogP contribution is 2.38. The van der Waals surface area contributed by atoms with Crippen LogP contribution in [-0.2, 0) is 19.9 Å². The van der Waals surface area contributed by atoms with Crippen molar-refractivity contribution in [1.82, 2.24) is 0 Å². The third-order valence-corrected chi connectivity index (χ3v) is 5.47. The van der Waals surface area contributed by atoms with Gasteiger partial charge in [0.2, 0.25) is 0 Å². The summed E-state index contributed by atoms with van der Waals surface area (Å²) >= 11 is 7.75. The number of aliphatic hydroxyl groups excluding tert-OH is 2. The highest BCUT2D eigenvalue weighted by atomic mass is 35.5. The van der Waals surface area contributed by atoms with Gasteiger partial charge < -0.3 is 30.4 Å². The van der Waals surface area contributed by atoms with Gasteiger partial charge in [-0.3, -0.25) is 0 Å². The van der Waals surface area contributed by atoms with Gasteiger partial charge in [0.25, 0.3) is 0 Å². The summed E-state index contributed by atoms with van der Waals surface area (Å²) in [6.07, 6.45) is -4.53. The zero-order valence-electron chi connectivity index (χ0n) is 16.1. The number of hydrogen-bond acceptors (Lipinski definition) is 7. The molecular weight excluding hydrogens is 438 g/mol. The van der Waals surface area contributed by atoms with E-state index in [0.29, 0.717) is 17.1 Å². The number of anilines is 1. The average Bonchev–Trinajstić information content (AvgIpc) is 3.22. The molecule has 1 aromatic carbocycles. The molecule has 2 aromatic rings. The number of aliphatic hydroxyl groups is 2. The fourth-order valence-electron chi connectivity index (χ4n) is 2.62. The predicted molar refractivity (Wildman–Crippen MR) is 111 cm³/mol. The van der Waals surface area contributed by atoms with E-state index in [1.54, 1.807) is 25.1 Å². The summed E-state index contributed by atoms with van der Waals surface area (Å²) in [6, 6.07) is 10.9. The van der Waals surface area contributed by atoms with Gasteiger partial charge in [-0.15, -0.1) is 11.3 Å². The molecule has 1 heterocycles. The van der Waals surface area contributed by atoms with E-state index in [1.165, 1.54) is 11.3 Å². The minimum atomic E-state index is -2.27. The van der Waals surface area contributed by atoms with E-state index in [1.807, 2.05) is 35.4 Å². The van der Waals surface area contributed by atoms with Crippen LogP contribution in [0.5, 0.6) is 0 Å². The molecule has 0 fully saturated rings. The van der Waals surface area contributed by atoms with Crippen LogP contribution < -0.4 is 4.90 Å².